The fraction of sp³-hybridized carbons (Fsp3) is 0.433. The van der Waals surface area contributed by atoms with Gasteiger partial charge in [-0.2, -0.15) is 0 Å². The van der Waals surface area contributed by atoms with Crippen LogP contribution in [0.15, 0.2) is 54.9 Å². The van der Waals surface area contributed by atoms with Gasteiger partial charge in [-0.05, 0) is 56.0 Å². The topological polar surface area (TPSA) is 86.5 Å². The van der Waals surface area contributed by atoms with Gasteiger partial charge in [-0.3, -0.25) is 19.7 Å². The van der Waals surface area contributed by atoms with Gasteiger partial charge < -0.3 is 19.9 Å². The lowest BCUT2D eigenvalue weighted by Gasteiger charge is -2.36. The highest BCUT2D eigenvalue weighted by Crippen LogP contribution is 2.36. The summed E-state index contributed by atoms with van der Waals surface area (Å²) in [7, 11) is 0. The molecule has 38 heavy (non-hydrogen) atoms. The van der Waals surface area contributed by atoms with Crippen molar-refractivity contribution in [1.29, 1.82) is 0 Å². The largest absolute Gasteiger partial charge is 0.480 e. The normalized spacial score (nSPS) is 18.3. The van der Waals surface area contributed by atoms with E-state index in [2.05, 4.69) is 27.2 Å². The van der Waals surface area contributed by atoms with E-state index < -0.39 is 5.97 Å². The number of rotatable bonds is 9. The van der Waals surface area contributed by atoms with Crippen LogP contribution in [-0.2, 0) is 24.3 Å². The van der Waals surface area contributed by atoms with E-state index in [0.717, 1.165) is 92.5 Å². The molecular weight excluding hydrogens is 476 g/mol. The van der Waals surface area contributed by atoms with Crippen molar-refractivity contribution in [3.05, 3.63) is 71.8 Å². The smallest absolute Gasteiger partial charge is 0.323 e. The van der Waals surface area contributed by atoms with Gasteiger partial charge in [-0.25, -0.2) is 0 Å². The van der Waals surface area contributed by atoms with Crippen LogP contribution >= 0.6 is 0 Å². The fourth-order valence-electron chi connectivity index (χ4n) is 6.40. The van der Waals surface area contributed by atoms with Gasteiger partial charge in [-0.15, -0.1) is 0 Å². The molecule has 1 aliphatic heterocycles. The highest BCUT2D eigenvalue weighted by atomic mass is 16.4. The Labute approximate surface area is 223 Å². The van der Waals surface area contributed by atoms with Crippen molar-refractivity contribution >= 4 is 27.8 Å². The third kappa shape index (κ3) is 5.04. The number of nitrogens with zero attached hydrogens (tertiary/aromatic N) is 5. The number of aliphatic carboxylic acids is 1. The van der Waals surface area contributed by atoms with E-state index in [1.54, 1.807) is 0 Å². The van der Waals surface area contributed by atoms with Crippen LogP contribution in [0.4, 0.5) is 0 Å². The van der Waals surface area contributed by atoms with Gasteiger partial charge in [0.15, 0.2) is 0 Å². The third-order valence-corrected chi connectivity index (χ3v) is 8.14. The zero-order valence-electron chi connectivity index (χ0n) is 21.9. The maximum atomic E-state index is 11.9. The van der Waals surface area contributed by atoms with Crippen LogP contribution in [0.3, 0.4) is 0 Å². The zero-order chi connectivity index (χ0) is 25.9. The van der Waals surface area contributed by atoms with Gasteiger partial charge in [0.1, 0.15) is 6.54 Å². The molecular formula is C30H36N6O2. The third-order valence-electron chi connectivity index (χ3n) is 8.14. The summed E-state index contributed by atoms with van der Waals surface area (Å²) < 4.78 is 1.93. The molecule has 3 aromatic heterocycles. The van der Waals surface area contributed by atoms with Crippen molar-refractivity contribution in [1.82, 2.24) is 29.7 Å². The predicted octanol–water partition coefficient (Wildman–Crippen LogP) is 3.84. The summed E-state index contributed by atoms with van der Waals surface area (Å²) in [5.41, 5.74) is 5.35. The number of pyridine rings is 2. The second-order valence-electron chi connectivity index (χ2n) is 10.5. The lowest BCUT2D eigenvalue weighted by Crippen LogP contribution is -2.44. The summed E-state index contributed by atoms with van der Waals surface area (Å²) in [6, 6.07) is 14.6. The summed E-state index contributed by atoms with van der Waals surface area (Å²) >= 11 is 0. The second-order valence-corrected chi connectivity index (χ2v) is 10.5. The van der Waals surface area contributed by atoms with Gasteiger partial charge in [0.2, 0.25) is 0 Å². The standard InChI is InChI=1S/C30H36N6O2/c37-28(38)21-36-26-9-2-1-8-23(26)24-11-13-32-25(30(24)36)20-35(17-5-16-34-18-14-31-15-19-34)27-10-3-6-22-7-4-12-33-29(22)27/h1-2,4,7-9,11-13,27,31H,3,5-6,10,14-21H2,(H,37,38)/t27-/m0/s1. The number of para-hydroxylation sites is 1. The van der Waals surface area contributed by atoms with Gasteiger partial charge in [0, 0.05) is 68.0 Å². The summed E-state index contributed by atoms with van der Waals surface area (Å²) in [5.74, 6) is -0.847. The summed E-state index contributed by atoms with van der Waals surface area (Å²) in [4.78, 5) is 26.7. The molecule has 1 aromatic carbocycles. The molecule has 6 rings (SSSR count). The monoisotopic (exact) mass is 512 g/mol. The van der Waals surface area contributed by atoms with E-state index in [-0.39, 0.29) is 12.6 Å². The molecule has 0 unspecified atom stereocenters. The maximum Gasteiger partial charge on any atom is 0.323 e. The van der Waals surface area contributed by atoms with E-state index in [9.17, 15) is 9.90 Å². The Bertz CT molecular complexity index is 1430. The van der Waals surface area contributed by atoms with Crippen molar-refractivity contribution in [3.8, 4) is 0 Å². The van der Waals surface area contributed by atoms with Crippen molar-refractivity contribution in [2.75, 3.05) is 39.3 Å². The van der Waals surface area contributed by atoms with Crippen LogP contribution in [0.25, 0.3) is 21.8 Å². The average molecular weight is 513 g/mol. The Hall–Kier alpha value is -3.33. The molecule has 0 radical (unpaired) electrons. The van der Waals surface area contributed by atoms with Crippen LogP contribution in [0.5, 0.6) is 0 Å². The quantitative estimate of drug-likeness (QED) is 0.352. The Kier molecular flexibility index (Phi) is 7.35. The van der Waals surface area contributed by atoms with Crippen molar-refractivity contribution in [3.63, 3.8) is 0 Å². The molecule has 2 aliphatic rings. The van der Waals surface area contributed by atoms with E-state index in [0.29, 0.717) is 6.54 Å². The lowest BCUT2D eigenvalue weighted by molar-refractivity contribution is -0.137. The number of aryl methyl sites for hydroxylation is 1. The van der Waals surface area contributed by atoms with Crippen LogP contribution in [0.1, 0.15) is 42.3 Å². The number of hydrogen-bond acceptors (Lipinski definition) is 6. The summed E-state index contributed by atoms with van der Waals surface area (Å²) in [5, 5.41) is 15.3. The summed E-state index contributed by atoms with van der Waals surface area (Å²) in [6.07, 6.45) is 8.17. The molecule has 0 amide bonds. The van der Waals surface area contributed by atoms with Gasteiger partial charge in [0.25, 0.3) is 0 Å². The molecule has 1 saturated heterocycles. The van der Waals surface area contributed by atoms with Gasteiger partial charge >= 0.3 is 5.97 Å². The van der Waals surface area contributed by atoms with E-state index in [1.165, 1.54) is 11.3 Å². The number of aromatic nitrogens is 3. The van der Waals surface area contributed by atoms with Crippen LogP contribution in [0, 0.1) is 0 Å². The lowest BCUT2D eigenvalue weighted by atomic mass is 9.90. The van der Waals surface area contributed by atoms with Gasteiger partial charge in [0.05, 0.1) is 22.9 Å². The van der Waals surface area contributed by atoms with Gasteiger partial charge in [-0.1, -0.05) is 24.3 Å². The minimum Gasteiger partial charge on any atom is -0.480 e. The first-order valence-electron chi connectivity index (χ1n) is 13.9. The number of benzene rings is 1. The molecule has 4 heterocycles. The number of carboxylic acids is 1. The average Bonchev–Trinajstić information content (AvgIpc) is 3.26. The number of carbonyl (C=O) groups is 1. The second kappa shape index (κ2) is 11.2. The zero-order valence-corrected chi connectivity index (χ0v) is 21.9. The molecule has 8 heteroatoms. The maximum absolute atomic E-state index is 11.9. The van der Waals surface area contributed by atoms with E-state index in [1.807, 2.05) is 47.3 Å². The molecule has 198 valence electrons. The summed E-state index contributed by atoms with van der Waals surface area (Å²) in [6.45, 7) is 6.93. The first-order valence-corrected chi connectivity index (χ1v) is 13.9. The molecule has 1 aliphatic carbocycles. The number of carboxylic acid groups (broad SMARTS) is 1. The molecule has 1 atom stereocenters. The molecule has 0 saturated carbocycles. The Balaban J connectivity index is 1.37. The Morgan fingerprint density at radius 1 is 1.05 bits per heavy atom. The van der Waals surface area contributed by atoms with Crippen molar-refractivity contribution in [2.45, 2.75) is 44.8 Å². The number of nitrogens with one attached hydrogen (secondary N) is 1. The predicted molar refractivity (Wildman–Crippen MR) is 149 cm³/mol. The van der Waals surface area contributed by atoms with Crippen molar-refractivity contribution in [2.24, 2.45) is 0 Å². The highest BCUT2D eigenvalue weighted by Gasteiger charge is 2.29. The minimum atomic E-state index is -0.847. The first kappa shape index (κ1) is 25.0. The molecule has 2 N–H and O–H groups in total. The number of piperazine rings is 1. The van der Waals surface area contributed by atoms with Crippen LogP contribution < -0.4 is 5.32 Å². The molecule has 4 aromatic rings. The van der Waals surface area contributed by atoms with E-state index >= 15 is 0 Å². The molecule has 0 bridgehead atoms. The Morgan fingerprint density at radius 2 is 1.92 bits per heavy atom. The van der Waals surface area contributed by atoms with E-state index in [4.69, 9.17) is 9.97 Å². The highest BCUT2D eigenvalue weighted by molar-refractivity contribution is 6.09. The van der Waals surface area contributed by atoms with Crippen LogP contribution in [0.2, 0.25) is 0 Å². The fourth-order valence-corrected chi connectivity index (χ4v) is 6.40. The number of hydrogen-bond donors (Lipinski definition) is 2. The van der Waals surface area contributed by atoms with Crippen molar-refractivity contribution < 1.29 is 9.90 Å². The molecule has 0 spiro atoms. The molecule has 8 nitrogen and oxygen atoms in total. The molecule has 1 fully saturated rings. The minimum absolute atomic E-state index is 0.0838. The Morgan fingerprint density at radius 3 is 2.79 bits per heavy atom. The number of fused-ring (bicyclic) bond motifs is 4. The SMILES string of the molecule is O=C(O)Cn1c2ccccc2c2ccnc(CN(CCCN3CCNCC3)[C@H]3CCCc4cccnc43)c21. The first-order chi connectivity index (χ1) is 18.7. The van der Waals surface area contributed by atoms with Crippen LogP contribution in [-0.4, -0.2) is 74.7 Å².